The summed E-state index contributed by atoms with van der Waals surface area (Å²) in [5.41, 5.74) is 7.25. The van der Waals surface area contributed by atoms with Crippen LogP contribution in [0.1, 0.15) is 59.1 Å². The molecule has 5 nitrogen and oxygen atoms in total. The Labute approximate surface area is 157 Å². The van der Waals surface area contributed by atoms with Crippen molar-refractivity contribution >= 4 is 16.1 Å². The Hall–Kier alpha value is -1.40. The fourth-order valence-electron chi connectivity index (χ4n) is 3.70. The summed E-state index contributed by atoms with van der Waals surface area (Å²) in [5.74, 6) is -0.375. The van der Waals surface area contributed by atoms with Crippen molar-refractivity contribution in [2.24, 2.45) is 5.92 Å². The van der Waals surface area contributed by atoms with Gasteiger partial charge in [-0.1, -0.05) is 0 Å². The first-order valence-electron chi connectivity index (χ1n) is 9.12. The molecule has 2 rings (SSSR count). The van der Waals surface area contributed by atoms with Crippen LogP contribution in [0.5, 0.6) is 0 Å². The van der Waals surface area contributed by atoms with E-state index in [4.69, 9.17) is 8.92 Å². The van der Waals surface area contributed by atoms with Crippen LogP contribution >= 0.6 is 0 Å². The van der Waals surface area contributed by atoms with Gasteiger partial charge in [0.05, 0.1) is 18.3 Å². The lowest BCUT2D eigenvalue weighted by Crippen LogP contribution is -2.28. The minimum Gasteiger partial charge on any atom is -0.461 e. The van der Waals surface area contributed by atoms with Crippen LogP contribution in [-0.2, 0) is 30.4 Å². The van der Waals surface area contributed by atoms with Crippen LogP contribution in [0.2, 0.25) is 0 Å². The second-order valence-electron chi connectivity index (χ2n) is 7.49. The zero-order chi connectivity index (χ0) is 19.6. The second kappa shape index (κ2) is 8.09. The first-order valence-corrected chi connectivity index (χ1v) is 10.9. The van der Waals surface area contributed by atoms with Gasteiger partial charge in [-0.3, -0.25) is 8.98 Å². The number of carbonyl (C=O) groups is 1. The quantitative estimate of drug-likeness (QED) is 0.572. The normalized spacial score (nSPS) is 20.8. The SMILES string of the molecule is Cc1c(C)c(C)c(COC(=O)C2CCC(OS(C)(=O)=O)CC2)c(C)c1C. The Balaban J connectivity index is 1.97. The van der Waals surface area contributed by atoms with E-state index in [1.807, 2.05) is 0 Å². The van der Waals surface area contributed by atoms with Gasteiger partial charge in [0.25, 0.3) is 10.1 Å². The predicted molar refractivity (Wildman–Crippen MR) is 102 cm³/mol. The molecule has 0 bridgehead atoms. The monoisotopic (exact) mass is 382 g/mol. The molecule has 0 aliphatic heterocycles. The molecule has 0 N–H and O–H groups in total. The molecule has 0 radical (unpaired) electrons. The molecule has 0 saturated heterocycles. The minimum atomic E-state index is -3.45. The molecule has 1 aliphatic carbocycles. The Morgan fingerprint density at radius 3 is 1.81 bits per heavy atom. The number of hydrogen-bond donors (Lipinski definition) is 0. The van der Waals surface area contributed by atoms with E-state index in [-0.39, 0.29) is 24.6 Å². The van der Waals surface area contributed by atoms with Crippen molar-refractivity contribution in [1.82, 2.24) is 0 Å². The smallest absolute Gasteiger partial charge is 0.309 e. The summed E-state index contributed by atoms with van der Waals surface area (Å²) in [7, 11) is -3.45. The average molecular weight is 383 g/mol. The van der Waals surface area contributed by atoms with Gasteiger partial charge in [-0.2, -0.15) is 8.42 Å². The van der Waals surface area contributed by atoms with Gasteiger partial charge < -0.3 is 4.74 Å². The van der Waals surface area contributed by atoms with E-state index in [1.54, 1.807) is 0 Å². The van der Waals surface area contributed by atoms with Gasteiger partial charge in [0.15, 0.2) is 0 Å². The minimum absolute atomic E-state index is 0.178. The third kappa shape index (κ3) is 4.86. The summed E-state index contributed by atoms with van der Waals surface area (Å²) < 4.78 is 33.0. The number of benzene rings is 1. The Morgan fingerprint density at radius 2 is 1.35 bits per heavy atom. The number of carbonyl (C=O) groups excluding carboxylic acids is 1. The molecular weight excluding hydrogens is 352 g/mol. The molecular formula is C20H30O5S. The summed E-state index contributed by atoms with van der Waals surface area (Å²) in [5, 5.41) is 0. The van der Waals surface area contributed by atoms with Crippen LogP contribution in [0.15, 0.2) is 0 Å². The van der Waals surface area contributed by atoms with E-state index < -0.39 is 10.1 Å². The number of ether oxygens (including phenoxy) is 1. The molecule has 1 saturated carbocycles. The largest absolute Gasteiger partial charge is 0.461 e. The third-order valence-electron chi connectivity index (χ3n) is 5.83. The van der Waals surface area contributed by atoms with Gasteiger partial charge in [-0.15, -0.1) is 0 Å². The highest BCUT2D eigenvalue weighted by Crippen LogP contribution is 2.30. The van der Waals surface area contributed by atoms with Crippen molar-refractivity contribution in [3.63, 3.8) is 0 Å². The highest BCUT2D eigenvalue weighted by atomic mass is 32.2. The Bertz CT molecular complexity index is 758. The Morgan fingerprint density at radius 1 is 0.885 bits per heavy atom. The van der Waals surface area contributed by atoms with Gasteiger partial charge in [-0.25, -0.2) is 0 Å². The van der Waals surface area contributed by atoms with Crippen molar-refractivity contribution in [3.05, 3.63) is 33.4 Å². The van der Waals surface area contributed by atoms with Crippen LogP contribution in [0.25, 0.3) is 0 Å². The number of hydrogen-bond acceptors (Lipinski definition) is 5. The van der Waals surface area contributed by atoms with E-state index in [0.717, 1.165) is 11.8 Å². The lowest BCUT2D eigenvalue weighted by atomic mass is 9.87. The molecule has 1 aromatic rings. The molecule has 0 heterocycles. The van der Waals surface area contributed by atoms with Crippen molar-refractivity contribution in [3.8, 4) is 0 Å². The van der Waals surface area contributed by atoms with Gasteiger partial charge >= 0.3 is 5.97 Å². The summed E-state index contributed by atoms with van der Waals surface area (Å²) in [6.07, 6.45) is 3.07. The lowest BCUT2D eigenvalue weighted by molar-refractivity contribution is -0.151. The van der Waals surface area contributed by atoms with Crippen molar-refractivity contribution in [1.29, 1.82) is 0 Å². The molecule has 0 unspecified atom stereocenters. The van der Waals surface area contributed by atoms with Gasteiger partial charge in [-0.05, 0) is 93.7 Å². The molecule has 6 heteroatoms. The van der Waals surface area contributed by atoms with E-state index in [1.165, 1.54) is 27.8 Å². The molecule has 1 aliphatic rings. The summed E-state index contributed by atoms with van der Waals surface area (Å²) in [4.78, 5) is 12.4. The van der Waals surface area contributed by atoms with E-state index >= 15 is 0 Å². The molecule has 1 aromatic carbocycles. The first-order chi connectivity index (χ1) is 12.0. The Kier molecular flexibility index (Phi) is 6.51. The summed E-state index contributed by atoms with van der Waals surface area (Å²) in [6, 6.07) is 0. The average Bonchev–Trinajstić information content (AvgIpc) is 2.57. The van der Waals surface area contributed by atoms with Crippen molar-refractivity contribution in [2.75, 3.05) is 6.26 Å². The fourth-order valence-corrected chi connectivity index (χ4v) is 4.38. The number of esters is 1. The predicted octanol–water partition coefficient (Wildman–Crippen LogP) is 3.81. The highest BCUT2D eigenvalue weighted by Gasteiger charge is 2.29. The van der Waals surface area contributed by atoms with Gasteiger partial charge in [0, 0.05) is 0 Å². The fraction of sp³-hybridized carbons (Fsp3) is 0.650. The van der Waals surface area contributed by atoms with Gasteiger partial charge in [0.1, 0.15) is 6.61 Å². The molecule has 0 amide bonds. The standard InChI is InChI=1S/C20H30O5S/c1-12-13(2)15(4)19(16(5)14(12)3)11-24-20(21)17-7-9-18(10-8-17)25-26(6,22)23/h17-18H,7-11H2,1-6H3. The molecule has 0 spiro atoms. The van der Waals surface area contributed by atoms with Crippen molar-refractivity contribution in [2.45, 2.75) is 73.0 Å². The molecule has 1 fully saturated rings. The van der Waals surface area contributed by atoms with E-state index in [0.29, 0.717) is 25.7 Å². The third-order valence-corrected chi connectivity index (χ3v) is 6.45. The highest BCUT2D eigenvalue weighted by molar-refractivity contribution is 7.86. The van der Waals surface area contributed by atoms with Gasteiger partial charge in [0.2, 0.25) is 0 Å². The molecule has 0 atom stereocenters. The maximum Gasteiger partial charge on any atom is 0.309 e. The van der Waals surface area contributed by atoms with Crippen LogP contribution in [0.4, 0.5) is 0 Å². The van der Waals surface area contributed by atoms with Crippen LogP contribution in [-0.4, -0.2) is 26.7 Å². The van der Waals surface area contributed by atoms with Crippen LogP contribution < -0.4 is 0 Å². The molecule has 146 valence electrons. The first kappa shape index (κ1) is 20.9. The zero-order valence-corrected chi connectivity index (χ0v) is 17.5. The van der Waals surface area contributed by atoms with Crippen LogP contribution in [0, 0.1) is 40.5 Å². The molecule has 0 aromatic heterocycles. The summed E-state index contributed by atoms with van der Waals surface area (Å²) in [6.45, 7) is 10.8. The second-order valence-corrected chi connectivity index (χ2v) is 9.09. The zero-order valence-electron chi connectivity index (χ0n) is 16.6. The van der Waals surface area contributed by atoms with E-state index in [2.05, 4.69) is 34.6 Å². The summed E-state index contributed by atoms with van der Waals surface area (Å²) >= 11 is 0. The topological polar surface area (TPSA) is 69.7 Å². The number of rotatable bonds is 5. The molecule has 26 heavy (non-hydrogen) atoms. The van der Waals surface area contributed by atoms with E-state index in [9.17, 15) is 13.2 Å². The van der Waals surface area contributed by atoms with Crippen molar-refractivity contribution < 1.29 is 22.1 Å². The lowest BCUT2D eigenvalue weighted by Gasteiger charge is -2.26. The van der Waals surface area contributed by atoms with Crippen LogP contribution in [0.3, 0.4) is 0 Å². The maximum absolute atomic E-state index is 12.4. The maximum atomic E-state index is 12.4.